The van der Waals surface area contributed by atoms with Crippen molar-refractivity contribution < 1.29 is 0 Å². The molecule has 0 atom stereocenters. The minimum atomic E-state index is 0. The molecule has 0 aliphatic carbocycles. The molecule has 3 heteroatoms. The molecule has 1 aliphatic heterocycles. The maximum Gasteiger partial charge on any atom is 0.0432 e. The molecule has 0 aromatic heterocycles. The van der Waals surface area contributed by atoms with Gasteiger partial charge in [-0.1, -0.05) is 25.1 Å². The number of benzene rings is 1. The van der Waals surface area contributed by atoms with Crippen LogP contribution in [-0.4, -0.2) is 19.6 Å². The molecule has 0 fully saturated rings. The molecule has 1 aromatic rings. The summed E-state index contributed by atoms with van der Waals surface area (Å²) in [7, 11) is 0. The van der Waals surface area contributed by atoms with E-state index in [1.807, 2.05) is 0 Å². The third-order valence-corrected chi connectivity index (χ3v) is 2.95. The van der Waals surface area contributed by atoms with E-state index in [0.29, 0.717) is 0 Å². The fourth-order valence-electron chi connectivity index (χ4n) is 2.28. The number of hydrogen-bond donors (Lipinski definition) is 1. The lowest BCUT2D eigenvalue weighted by molar-refractivity contribution is 0.817. The number of nitrogens with zero attached hydrogens (tertiary/aromatic N) is 1. The van der Waals surface area contributed by atoms with Gasteiger partial charge in [-0.05, 0) is 24.0 Å². The lowest BCUT2D eigenvalue weighted by Gasteiger charge is -2.20. The van der Waals surface area contributed by atoms with E-state index in [0.717, 1.165) is 26.1 Å². The normalized spacial score (nSPS) is 13.6. The third-order valence-electron chi connectivity index (χ3n) is 2.95. The predicted octanol–water partition coefficient (Wildman–Crippen LogP) is 1.99. The molecule has 0 bridgehead atoms. The average molecular weight is 227 g/mol. The van der Waals surface area contributed by atoms with Crippen molar-refractivity contribution in [3.8, 4) is 0 Å². The van der Waals surface area contributed by atoms with Gasteiger partial charge in [0.05, 0.1) is 0 Å². The maximum absolute atomic E-state index is 5.62. The van der Waals surface area contributed by atoms with Crippen molar-refractivity contribution in [2.24, 2.45) is 5.73 Å². The van der Waals surface area contributed by atoms with Gasteiger partial charge in [-0.25, -0.2) is 0 Å². The Hall–Kier alpha value is -0.730. The minimum absolute atomic E-state index is 0. The average Bonchev–Trinajstić information content (AvgIpc) is 2.62. The van der Waals surface area contributed by atoms with Crippen molar-refractivity contribution in [2.75, 3.05) is 24.5 Å². The Bertz CT molecular complexity index is 323. The van der Waals surface area contributed by atoms with Gasteiger partial charge in [0.25, 0.3) is 0 Å². The molecule has 1 aromatic carbocycles. The van der Waals surface area contributed by atoms with Crippen LogP contribution in [0.3, 0.4) is 0 Å². The molecule has 0 saturated carbocycles. The summed E-state index contributed by atoms with van der Waals surface area (Å²) < 4.78 is 0. The number of fused-ring (bicyclic) bond motifs is 1. The smallest absolute Gasteiger partial charge is 0.0432 e. The number of para-hydroxylation sites is 1. The van der Waals surface area contributed by atoms with Crippen molar-refractivity contribution in [2.45, 2.75) is 19.8 Å². The molecular formula is C12H19ClN2. The van der Waals surface area contributed by atoms with Crippen LogP contribution in [-0.2, 0) is 12.8 Å². The number of aryl methyl sites for hydroxylation is 1. The summed E-state index contributed by atoms with van der Waals surface area (Å²) >= 11 is 0. The molecule has 15 heavy (non-hydrogen) atoms. The molecule has 0 unspecified atom stereocenters. The van der Waals surface area contributed by atoms with Crippen LogP contribution in [0.1, 0.15) is 18.1 Å². The van der Waals surface area contributed by atoms with Crippen LogP contribution < -0.4 is 10.6 Å². The van der Waals surface area contributed by atoms with Crippen LogP contribution in [0.5, 0.6) is 0 Å². The van der Waals surface area contributed by atoms with Gasteiger partial charge in [0.15, 0.2) is 0 Å². The Labute approximate surface area is 97.9 Å². The number of nitrogens with two attached hydrogens (primary N) is 1. The molecule has 84 valence electrons. The summed E-state index contributed by atoms with van der Waals surface area (Å²) in [5, 5.41) is 0. The first-order valence-corrected chi connectivity index (χ1v) is 5.42. The van der Waals surface area contributed by atoms with E-state index in [1.54, 1.807) is 0 Å². The lowest BCUT2D eigenvalue weighted by Crippen LogP contribution is -2.28. The van der Waals surface area contributed by atoms with Crippen LogP contribution in [0, 0.1) is 0 Å². The lowest BCUT2D eigenvalue weighted by atomic mass is 10.1. The number of halogens is 1. The van der Waals surface area contributed by atoms with Gasteiger partial charge < -0.3 is 10.6 Å². The van der Waals surface area contributed by atoms with Crippen molar-refractivity contribution in [1.29, 1.82) is 0 Å². The van der Waals surface area contributed by atoms with Gasteiger partial charge in [0.1, 0.15) is 0 Å². The summed E-state index contributed by atoms with van der Waals surface area (Å²) in [6, 6.07) is 6.64. The summed E-state index contributed by atoms with van der Waals surface area (Å²) in [6.07, 6.45) is 2.30. The Morgan fingerprint density at radius 1 is 1.40 bits per heavy atom. The SMILES string of the molecule is CCc1cccc2c1N(CCN)CC2.Cl. The highest BCUT2D eigenvalue weighted by molar-refractivity contribution is 5.85. The van der Waals surface area contributed by atoms with Gasteiger partial charge in [-0.2, -0.15) is 0 Å². The van der Waals surface area contributed by atoms with E-state index in [-0.39, 0.29) is 12.4 Å². The second kappa shape index (κ2) is 5.38. The molecule has 0 spiro atoms. The first-order chi connectivity index (χ1) is 6.86. The molecule has 0 amide bonds. The quantitative estimate of drug-likeness (QED) is 0.854. The Morgan fingerprint density at radius 3 is 2.87 bits per heavy atom. The summed E-state index contributed by atoms with van der Waals surface area (Å²) in [5.41, 5.74) is 10.0. The first-order valence-electron chi connectivity index (χ1n) is 5.42. The van der Waals surface area contributed by atoms with Crippen LogP contribution in [0.15, 0.2) is 18.2 Å². The topological polar surface area (TPSA) is 29.3 Å². The van der Waals surface area contributed by atoms with Crippen molar-refractivity contribution in [3.05, 3.63) is 29.3 Å². The zero-order valence-corrected chi connectivity index (χ0v) is 10.0. The molecule has 2 nitrogen and oxygen atoms in total. The zero-order chi connectivity index (χ0) is 9.97. The van der Waals surface area contributed by atoms with Crippen LogP contribution in [0.2, 0.25) is 0 Å². The van der Waals surface area contributed by atoms with Gasteiger partial charge in [-0.3, -0.25) is 0 Å². The maximum atomic E-state index is 5.62. The number of anilines is 1. The van der Waals surface area contributed by atoms with Crippen molar-refractivity contribution >= 4 is 18.1 Å². The Kier molecular flexibility index (Phi) is 4.43. The van der Waals surface area contributed by atoms with Gasteiger partial charge in [0.2, 0.25) is 0 Å². The largest absolute Gasteiger partial charge is 0.369 e. The van der Waals surface area contributed by atoms with Gasteiger partial charge in [-0.15, -0.1) is 12.4 Å². The summed E-state index contributed by atoms with van der Waals surface area (Å²) in [6.45, 7) is 5.10. The van der Waals surface area contributed by atoms with Crippen LogP contribution in [0.25, 0.3) is 0 Å². The van der Waals surface area contributed by atoms with E-state index in [2.05, 4.69) is 30.0 Å². The summed E-state index contributed by atoms with van der Waals surface area (Å²) in [4.78, 5) is 2.42. The van der Waals surface area contributed by atoms with E-state index >= 15 is 0 Å². The highest BCUT2D eigenvalue weighted by atomic mass is 35.5. The Balaban J connectivity index is 0.00000112. The molecule has 2 N–H and O–H groups in total. The van der Waals surface area contributed by atoms with Crippen molar-refractivity contribution in [1.82, 2.24) is 0 Å². The van der Waals surface area contributed by atoms with Gasteiger partial charge >= 0.3 is 0 Å². The first kappa shape index (κ1) is 12.3. The Morgan fingerprint density at radius 2 is 2.20 bits per heavy atom. The second-order valence-electron chi connectivity index (χ2n) is 3.80. The van der Waals surface area contributed by atoms with E-state index in [1.165, 1.54) is 23.2 Å². The van der Waals surface area contributed by atoms with Gasteiger partial charge in [0, 0.05) is 25.3 Å². The van der Waals surface area contributed by atoms with E-state index < -0.39 is 0 Å². The molecule has 1 heterocycles. The van der Waals surface area contributed by atoms with E-state index in [4.69, 9.17) is 5.73 Å². The minimum Gasteiger partial charge on any atom is -0.369 e. The standard InChI is InChI=1S/C12H18N2.ClH/c1-2-10-4-3-5-11-6-8-14(9-7-13)12(10)11;/h3-5H,2,6-9,13H2,1H3;1H. The monoisotopic (exact) mass is 226 g/mol. The zero-order valence-electron chi connectivity index (χ0n) is 9.20. The van der Waals surface area contributed by atoms with Crippen LogP contribution >= 0.6 is 12.4 Å². The molecule has 1 aliphatic rings. The number of rotatable bonds is 3. The van der Waals surface area contributed by atoms with Crippen molar-refractivity contribution in [3.63, 3.8) is 0 Å². The number of hydrogen-bond acceptors (Lipinski definition) is 2. The highest BCUT2D eigenvalue weighted by Gasteiger charge is 2.20. The fraction of sp³-hybridized carbons (Fsp3) is 0.500. The highest BCUT2D eigenvalue weighted by Crippen LogP contribution is 2.31. The summed E-state index contributed by atoms with van der Waals surface area (Å²) in [5.74, 6) is 0. The third kappa shape index (κ3) is 2.27. The predicted molar refractivity (Wildman–Crippen MR) is 68.0 cm³/mol. The molecule has 0 radical (unpaired) electrons. The molecular weight excluding hydrogens is 208 g/mol. The van der Waals surface area contributed by atoms with Crippen LogP contribution in [0.4, 0.5) is 5.69 Å². The van der Waals surface area contributed by atoms with E-state index in [9.17, 15) is 0 Å². The second-order valence-corrected chi connectivity index (χ2v) is 3.80. The fourth-order valence-corrected chi connectivity index (χ4v) is 2.28. The molecule has 0 saturated heterocycles. The molecule has 2 rings (SSSR count).